The van der Waals surface area contributed by atoms with Gasteiger partial charge >= 0.3 is 5.97 Å². The second-order valence-corrected chi connectivity index (χ2v) is 5.35. The number of carbonyl (C=O) groups excluding carboxylic acids is 1. The Morgan fingerprint density at radius 3 is 2.67 bits per heavy atom. The van der Waals surface area contributed by atoms with Crippen LogP contribution < -0.4 is 5.32 Å². The van der Waals surface area contributed by atoms with Crippen LogP contribution in [0.15, 0.2) is 53.0 Å². The van der Waals surface area contributed by atoms with E-state index in [0.717, 1.165) is 10.0 Å². The van der Waals surface area contributed by atoms with E-state index in [1.165, 1.54) is 19.2 Å². The molecular weight excluding hydrogens is 337 g/mol. The first-order chi connectivity index (χ1) is 10.1. The SMILES string of the molecule is COC(=O)C(CNc1cc(F)ccc1Br)c1ccccc1. The molecule has 0 fully saturated rings. The minimum absolute atomic E-state index is 0.318. The number of ether oxygens (including phenoxy) is 1. The molecule has 0 aliphatic heterocycles. The van der Waals surface area contributed by atoms with Crippen LogP contribution in [-0.2, 0) is 9.53 Å². The normalized spacial score (nSPS) is 11.8. The van der Waals surface area contributed by atoms with Crippen LogP contribution in [0.2, 0.25) is 0 Å². The van der Waals surface area contributed by atoms with Crippen LogP contribution >= 0.6 is 15.9 Å². The zero-order valence-corrected chi connectivity index (χ0v) is 13.1. The van der Waals surface area contributed by atoms with Crippen LogP contribution in [0.3, 0.4) is 0 Å². The van der Waals surface area contributed by atoms with E-state index >= 15 is 0 Å². The topological polar surface area (TPSA) is 38.3 Å². The summed E-state index contributed by atoms with van der Waals surface area (Å²) in [6.07, 6.45) is 0. The zero-order chi connectivity index (χ0) is 15.2. The Bertz CT molecular complexity index is 619. The van der Waals surface area contributed by atoms with Crippen LogP contribution in [-0.4, -0.2) is 19.6 Å². The van der Waals surface area contributed by atoms with E-state index in [1.807, 2.05) is 30.3 Å². The Morgan fingerprint density at radius 1 is 1.29 bits per heavy atom. The van der Waals surface area contributed by atoms with Crippen molar-refractivity contribution in [2.45, 2.75) is 5.92 Å². The molecule has 0 aromatic heterocycles. The molecule has 0 aliphatic rings. The summed E-state index contributed by atoms with van der Waals surface area (Å²) in [5.74, 6) is -1.12. The van der Waals surface area contributed by atoms with Gasteiger partial charge in [0, 0.05) is 11.0 Å². The lowest BCUT2D eigenvalue weighted by Crippen LogP contribution is -2.22. The maximum atomic E-state index is 13.3. The summed E-state index contributed by atoms with van der Waals surface area (Å²) in [7, 11) is 1.36. The molecule has 1 atom stereocenters. The third kappa shape index (κ3) is 4.04. The van der Waals surface area contributed by atoms with Gasteiger partial charge in [0.1, 0.15) is 5.82 Å². The van der Waals surface area contributed by atoms with E-state index < -0.39 is 5.92 Å². The molecule has 0 aliphatic carbocycles. The maximum Gasteiger partial charge on any atom is 0.314 e. The molecule has 0 radical (unpaired) electrons. The first kappa shape index (κ1) is 15.5. The smallest absolute Gasteiger partial charge is 0.314 e. The summed E-state index contributed by atoms with van der Waals surface area (Å²) in [5.41, 5.74) is 1.45. The second-order valence-electron chi connectivity index (χ2n) is 4.49. The highest BCUT2D eigenvalue weighted by Gasteiger charge is 2.21. The molecule has 0 spiro atoms. The van der Waals surface area contributed by atoms with Gasteiger partial charge in [0.25, 0.3) is 0 Å². The van der Waals surface area contributed by atoms with Crippen LogP contribution in [0.5, 0.6) is 0 Å². The fourth-order valence-electron chi connectivity index (χ4n) is 2.01. The van der Waals surface area contributed by atoms with Gasteiger partial charge in [-0.2, -0.15) is 0 Å². The number of hydrogen-bond acceptors (Lipinski definition) is 3. The van der Waals surface area contributed by atoms with Crippen molar-refractivity contribution in [3.63, 3.8) is 0 Å². The molecule has 0 saturated carbocycles. The molecule has 0 heterocycles. The summed E-state index contributed by atoms with van der Waals surface area (Å²) in [6, 6.07) is 13.7. The van der Waals surface area contributed by atoms with Gasteiger partial charge in [0.15, 0.2) is 0 Å². The summed E-state index contributed by atoms with van der Waals surface area (Å²) >= 11 is 3.35. The number of esters is 1. The van der Waals surface area contributed by atoms with E-state index in [4.69, 9.17) is 4.74 Å². The monoisotopic (exact) mass is 351 g/mol. The molecular formula is C16H15BrFNO2. The third-order valence-electron chi connectivity index (χ3n) is 3.11. The van der Waals surface area contributed by atoms with E-state index in [0.29, 0.717) is 12.2 Å². The first-order valence-corrected chi connectivity index (χ1v) is 7.23. The van der Waals surface area contributed by atoms with Gasteiger partial charge in [0.05, 0.1) is 18.7 Å². The highest BCUT2D eigenvalue weighted by Crippen LogP contribution is 2.25. The Balaban J connectivity index is 2.16. The molecule has 21 heavy (non-hydrogen) atoms. The van der Waals surface area contributed by atoms with Crippen molar-refractivity contribution in [1.82, 2.24) is 0 Å². The number of anilines is 1. The minimum Gasteiger partial charge on any atom is -0.468 e. The number of halogens is 2. The van der Waals surface area contributed by atoms with E-state index in [1.54, 1.807) is 6.07 Å². The van der Waals surface area contributed by atoms with E-state index in [2.05, 4.69) is 21.2 Å². The van der Waals surface area contributed by atoms with Crippen molar-refractivity contribution in [2.75, 3.05) is 19.0 Å². The van der Waals surface area contributed by atoms with Gasteiger partial charge < -0.3 is 10.1 Å². The summed E-state index contributed by atoms with van der Waals surface area (Å²) in [4.78, 5) is 11.9. The van der Waals surface area contributed by atoms with Crippen molar-refractivity contribution in [3.8, 4) is 0 Å². The summed E-state index contributed by atoms with van der Waals surface area (Å²) in [6.45, 7) is 0.318. The van der Waals surface area contributed by atoms with Gasteiger partial charge in [0.2, 0.25) is 0 Å². The molecule has 110 valence electrons. The lowest BCUT2D eigenvalue weighted by molar-refractivity contribution is -0.142. The molecule has 1 N–H and O–H groups in total. The molecule has 2 rings (SSSR count). The first-order valence-electron chi connectivity index (χ1n) is 6.43. The van der Waals surface area contributed by atoms with Crippen LogP contribution in [0.1, 0.15) is 11.5 Å². The summed E-state index contributed by atoms with van der Waals surface area (Å²) < 4.78 is 18.8. The molecule has 5 heteroatoms. The maximum absolute atomic E-state index is 13.3. The number of benzene rings is 2. The van der Waals surface area contributed by atoms with Gasteiger partial charge in [-0.1, -0.05) is 30.3 Å². The van der Waals surface area contributed by atoms with Gasteiger partial charge in [-0.15, -0.1) is 0 Å². The number of nitrogens with one attached hydrogen (secondary N) is 1. The fourth-order valence-corrected chi connectivity index (χ4v) is 2.40. The average molecular weight is 352 g/mol. The molecule has 0 saturated heterocycles. The summed E-state index contributed by atoms with van der Waals surface area (Å²) in [5, 5.41) is 3.08. The number of carbonyl (C=O) groups is 1. The molecule has 2 aromatic rings. The van der Waals surface area contributed by atoms with Crippen molar-refractivity contribution in [3.05, 3.63) is 64.4 Å². The second kappa shape index (κ2) is 7.22. The van der Waals surface area contributed by atoms with Crippen molar-refractivity contribution in [1.29, 1.82) is 0 Å². The van der Waals surface area contributed by atoms with Gasteiger partial charge in [-0.25, -0.2) is 4.39 Å². The minimum atomic E-state index is -0.452. The molecule has 1 unspecified atom stereocenters. The van der Waals surface area contributed by atoms with E-state index in [9.17, 15) is 9.18 Å². The molecule has 3 nitrogen and oxygen atoms in total. The highest BCUT2D eigenvalue weighted by molar-refractivity contribution is 9.10. The average Bonchev–Trinajstić information content (AvgIpc) is 2.51. The molecule has 0 bridgehead atoms. The van der Waals surface area contributed by atoms with Gasteiger partial charge in [-0.05, 0) is 39.7 Å². The van der Waals surface area contributed by atoms with E-state index in [-0.39, 0.29) is 11.8 Å². The molecule has 0 amide bonds. The van der Waals surface area contributed by atoms with Crippen LogP contribution in [0, 0.1) is 5.82 Å². The van der Waals surface area contributed by atoms with Crippen molar-refractivity contribution < 1.29 is 13.9 Å². The predicted octanol–water partition coefficient (Wildman–Crippen LogP) is 3.96. The predicted molar refractivity (Wildman–Crippen MR) is 83.8 cm³/mol. The number of methoxy groups -OCH3 is 1. The lowest BCUT2D eigenvalue weighted by atomic mass is 9.99. The van der Waals surface area contributed by atoms with Crippen LogP contribution in [0.25, 0.3) is 0 Å². The Kier molecular flexibility index (Phi) is 5.33. The van der Waals surface area contributed by atoms with Gasteiger partial charge in [-0.3, -0.25) is 4.79 Å². The Labute approximate surface area is 131 Å². The van der Waals surface area contributed by atoms with Crippen molar-refractivity contribution >= 4 is 27.6 Å². The lowest BCUT2D eigenvalue weighted by Gasteiger charge is -2.17. The standard InChI is InChI=1S/C16H15BrFNO2/c1-21-16(20)13(11-5-3-2-4-6-11)10-19-15-9-12(18)7-8-14(15)17/h2-9,13,19H,10H2,1H3. The fraction of sp³-hybridized carbons (Fsp3) is 0.188. The van der Waals surface area contributed by atoms with Crippen molar-refractivity contribution in [2.24, 2.45) is 0 Å². The van der Waals surface area contributed by atoms with Crippen LogP contribution in [0.4, 0.5) is 10.1 Å². The molecule has 2 aromatic carbocycles. The quantitative estimate of drug-likeness (QED) is 0.828. The highest BCUT2D eigenvalue weighted by atomic mass is 79.9. The zero-order valence-electron chi connectivity index (χ0n) is 11.5. The number of hydrogen-bond donors (Lipinski definition) is 1. The third-order valence-corrected chi connectivity index (χ3v) is 3.80. The Hall–Kier alpha value is -1.88. The number of rotatable bonds is 5. The largest absolute Gasteiger partial charge is 0.468 e. The Morgan fingerprint density at radius 2 is 2.00 bits per heavy atom.